The molecule has 210 valence electrons. The zero-order valence-electron chi connectivity index (χ0n) is 22.5. The number of aromatic nitrogens is 2. The van der Waals surface area contributed by atoms with Gasteiger partial charge in [-0.2, -0.15) is 4.98 Å². The number of halogens is 1. The number of benzene rings is 1. The SMILES string of the molecule is COc1c(Nc2ccc(N=CN=CN)cc2F)ncnc1OC1CC2COCC(C1)N2C(=O)OCC(C)(C)C. The van der Waals surface area contributed by atoms with Crippen LogP contribution in [-0.2, 0) is 9.47 Å². The van der Waals surface area contributed by atoms with Crippen LogP contribution in [0.5, 0.6) is 11.6 Å². The Morgan fingerprint density at radius 3 is 2.67 bits per heavy atom. The number of nitrogens with one attached hydrogen (secondary N) is 1. The Hall–Kier alpha value is -4.00. The van der Waals surface area contributed by atoms with Gasteiger partial charge in [0.25, 0.3) is 5.88 Å². The van der Waals surface area contributed by atoms with Gasteiger partial charge in [-0.15, -0.1) is 0 Å². The monoisotopic (exact) mass is 543 g/mol. The Bertz CT molecular complexity index is 1210. The summed E-state index contributed by atoms with van der Waals surface area (Å²) in [6, 6.07) is 4.00. The predicted molar refractivity (Wildman–Crippen MR) is 144 cm³/mol. The molecule has 39 heavy (non-hydrogen) atoms. The van der Waals surface area contributed by atoms with Crippen molar-refractivity contribution >= 4 is 36.0 Å². The second-order valence-corrected chi connectivity index (χ2v) is 10.5. The number of rotatable bonds is 8. The first kappa shape index (κ1) is 28.0. The van der Waals surface area contributed by atoms with Crippen LogP contribution in [0, 0.1) is 11.2 Å². The largest absolute Gasteiger partial charge is 0.489 e. The maximum atomic E-state index is 14.7. The lowest BCUT2D eigenvalue weighted by atomic mass is 9.92. The molecule has 1 aromatic heterocycles. The highest BCUT2D eigenvalue weighted by Crippen LogP contribution is 2.37. The number of fused-ring (bicyclic) bond motifs is 2. The van der Waals surface area contributed by atoms with Gasteiger partial charge in [0.05, 0.1) is 56.7 Å². The molecule has 2 saturated heterocycles. The quantitative estimate of drug-likeness (QED) is 0.375. The molecule has 2 unspecified atom stereocenters. The highest BCUT2D eigenvalue weighted by atomic mass is 19.1. The van der Waals surface area contributed by atoms with Gasteiger partial charge in [0, 0.05) is 18.9 Å². The number of carbonyl (C=O) groups is 1. The molecular weight excluding hydrogens is 509 g/mol. The van der Waals surface area contributed by atoms with Gasteiger partial charge in [0.2, 0.25) is 5.75 Å². The smallest absolute Gasteiger partial charge is 0.410 e. The van der Waals surface area contributed by atoms with Crippen LogP contribution in [0.25, 0.3) is 0 Å². The highest BCUT2D eigenvalue weighted by Gasteiger charge is 2.44. The third-order valence-electron chi connectivity index (χ3n) is 6.14. The highest BCUT2D eigenvalue weighted by molar-refractivity contribution is 5.73. The number of carbonyl (C=O) groups excluding carboxylic acids is 1. The van der Waals surface area contributed by atoms with Crippen LogP contribution >= 0.6 is 0 Å². The van der Waals surface area contributed by atoms with Gasteiger partial charge in [0.15, 0.2) is 5.82 Å². The number of aliphatic imine (C=N–C) groups is 2. The molecule has 3 heterocycles. The average molecular weight is 544 g/mol. The van der Waals surface area contributed by atoms with Crippen molar-refractivity contribution in [3.8, 4) is 11.6 Å². The number of ether oxygens (including phenoxy) is 4. The molecule has 1 amide bonds. The van der Waals surface area contributed by atoms with Gasteiger partial charge in [-0.3, -0.25) is 4.90 Å². The summed E-state index contributed by atoms with van der Waals surface area (Å²) in [6.07, 6.45) is 4.09. The van der Waals surface area contributed by atoms with Crippen molar-refractivity contribution < 1.29 is 28.1 Å². The molecule has 12 nitrogen and oxygen atoms in total. The van der Waals surface area contributed by atoms with Crippen molar-refractivity contribution in [2.24, 2.45) is 21.1 Å². The molecule has 2 aliphatic heterocycles. The third kappa shape index (κ3) is 7.11. The number of methoxy groups -OCH3 is 1. The average Bonchev–Trinajstić information content (AvgIpc) is 2.88. The summed E-state index contributed by atoms with van der Waals surface area (Å²) >= 11 is 0. The topological polar surface area (TPSA) is 146 Å². The van der Waals surface area contributed by atoms with E-state index >= 15 is 0 Å². The second kappa shape index (κ2) is 12.2. The van der Waals surface area contributed by atoms with Crippen LogP contribution in [0.4, 0.5) is 26.4 Å². The number of morpholine rings is 1. The number of hydrogen-bond donors (Lipinski definition) is 2. The Balaban J connectivity index is 1.46. The number of nitrogens with zero attached hydrogens (tertiary/aromatic N) is 5. The lowest BCUT2D eigenvalue weighted by Crippen LogP contribution is -2.61. The Morgan fingerprint density at radius 1 is 1.28 bits per heavy atom. The van der Waals surface area contributed by atoms with Gasteiger partial charge < -0.3 is 30.0 Å². The number of piperidine rings is 1. The van der Waals surface area contributed by atoms with Crippen LogP contribution in [-0.4, -0.2) is 78.8 Å². The Labute approximate surface area is 226 Å². The van der Waals surface area contributed by atoms with Crippen LogP contribution in [0.1, 0.15) is 33.6 Å². The molecule has 1 aromatic carbocycles. The fourth-order valence-corrected chi connectivity index (χ4v) is 4.44. The van der Waals surface area contributed by atoms with Crippen molar-refractivity contribution in [3.05, 3.63) is 30.3 Å². The van der Waals surface area contributed by atoms with Gasteiger partial charge >= 0.3 is 6.09 Å². The molecule has 2 aliphatic rings. The van der Waals surface area contributed by atoms with Crippen LogP contribution in [0.3, 0.4) is 0 Å². The van der Waals surface area contributed by atoms with Crippen molar-refractivity contribution in [1.82, 2.24) is 14.9 Å². The summed E-state index contributed by atoms with van der Waals surface area (Å²) in [5, 5.41) is 2.93. The lowest BCUT2D eigenvalue weighted by Gasteiger charge is -2.47. The summed E-state index contributed by atoms with van der Waals surface area (Å²) in [7, 11) is 1.46. The van der Waals surface area contributed by atoms with E-state index in [9.17, 15) is 9.18 Å². The minimum atomic E-state index is -0.553. The van der Waals surface area contributed by atoms with Crippen LogP contribution < -0.4 is 20.5 Å². The zero-order chi connectivity index (χ0) is 28.0. The van der Waals surface area contributed by atoms with E-state index in [1.165, 1.54) is 31.9 Å². The first-order valence-electron chi connectivity index (χ1n) is 12.6. The van der Waals surface area contributed by atoms with E-state index in [-0.39, 0.29) is 52.8 Å². The minimum Gasteiger partial charge on any atom is -0.489 e. The molecule has 0 spiro atoms. The van der Waals surface area contributed by atoms with Gasteiger partial charge in [-0.1, -0.05) is 20.8 Å². The maximum Gasteiger partial charge on any atom is 0.410 e. The van der Waals surface area contributed by atoms with E-state index in [4.69, 9.17) is 24.7 Å². The summed E-state index contributed by atoms with van der Waals surface area (Å²) in [6.45, 7) is 7.16. The number of amides is 1. The molecule has 0 aliphatic carbocycles. The zero-order valence-corrected chi connectivity index (χ0v) is 22.5. The normalized spacial score (nSPS) is 21.3. The van der Waals surface area contributed by atoms with E-state index in [0.29, 0.717) is 38.3 Å². The van der Waals surface area contributed by atoms with Crippen LogP contribution in [0.2, 0.25) is 0 Å². The van der Waals surface area contributed by atoms with Crippen molar-refractivity contribution in [2.45, 2.75) is 51.8 Å². The lowest BCUT2D eigenvalue weighted by molar-refractivity contribution is -0.0930. The van der Waals surface area contributed by atoms with Gasteiger partial charge in [-0.05, 0) is 17.5 Å². The molecule has 0 radical (unpaired) electrons. The number of hydrogen-bond acceptors (Lipinski definition) is 9. The predicted octanol–water partition coefficient (Wildman–Crippen LogP) is 3.81. The van der Waals surface area contributed by atoms with Gasteiger partial charge in [-0.25, -0.2) is 24.2 Å². The fraction of sp³-hybridized carbons (Fsp3) is 0.500. The molecule has 0 saturated carbocycles. The number of anilines is 2. The van der Waals surface area contributed by atoms with E-state index in [1.807, 2.05) is 20.8 Å². The number of nitrogens with two attached hydrogens (primary N) is 1. The molecule has 2 bridgehead atoms. The maximum absolute atomic E-state index is 14.7. The summed E-state index contributed by atoms with van der Waals surface area (Å²) in [5.74, 6) is 0.119. The third-order valence-corrected chi connectivity index (χ3v) is 6.14. The summed E-state index contributed by atoms with van der Waals surface area (Å²) in [4.78, 5) is 30.8. The van der Waals surface area contributed by atoms with E-state index in [2.05, 4.69) is 25.3 Å². The molecule has 2 aromatic rings. The molecular formula is C26H34FN7O5. The van der Waals surface area contributed by atoms with Crippen molar-refractivity contribution in [3.63, 3.8) is 0 Å². The molecule has 2 atom stereocenters. The minimum absolute atomic E-state index is 0.129. The summed E-state index contributed by atoms with van der Waals surface area (Å²) in [5.41, 5.74) is 5.57. The van der Waals surface area contributed by atoms with E-state index < -0.39 is 5.82 Å². The second-order valence-electron chi connectivity index (χ2n) is 10.5. The van der Waals surface area contributed by atoms with Crippen molar-refractivity contribution in [2.75, 3.05) is 32.2 Å². The van der Waals surface area contributed by atoms with E-state index in [1.54, 1.807) is 11.0 Å². The molecule has 13 heteroatoms. The molecule has 4 rings (SSSR count). The molecule has 3 N–H and O–H groups in total. The van der Waals surface area contributed by atoms with Gasteiger partial charge in [0.1, 0.15) is 24.6 Å². The van der Waals surface area contributed by atoms with Crippen LogP contribution in [0.15, 0.2) is 34.5 Å². The Morgan fingerprint density at radius 2 is 2.03 bits per heavy atom. The van der Waals surface area contributed by atoms with E-state index in [0.717, 1.165) is 6.34 Å². The summed E-state index contributed by atoms with van der Waals surface area (Å²) < 4.78 is 37.8. The van der Waals surface area contributed by atoms with Crippen molar-refractivity contribution in [1.29, 1.82) is 0 Å². The first-order valence-corrected chi connectivity index (χ1v) is 12.6. The molecule has 2 fully saturated rings. The standard InChI is InChI=1S/C26H34FN7O5/c1-26(2,3)12-38-25(35)34-17-8-19(9-18(34)11-37-10-17)39-24-22(36-4)23(31-15-32-24)33-21-6-5-16(7-20(21)27)30-14-29-13-28/h5-7,13-15,17-19H,8-12H2,1-4H3,(H2,28,29,30)(H,31,32,33). The first-order chi connectivity index (χ1) is 18.7. The Kier molecular flexibility index (Phi) is 8.79. The fourth-order valence-electron chi connectivity index (χ4n) is 4.44.